The molecular weight excluding hydrogens is 316 g/mol. The van der Waals surface area contributed by atoms with Gasteiger partial charge in [-0.05, 0) is 19.1 Å². The van der Waals surface area contributed by atoms with E-state index in [0.717, 1.165) is 37.5 Å². The molecule has 6 heteroatoms. The molecule has 0 aliphatic carbocycles. The average molecular weight is 340 g/mol. The minimum Gasteiger partial charge on any atom is -0.459 e. The summed E-state index contributed by atoms with van der Waals surface area (Å²) in [5.74, 6) is 3.68. The Bertz CT molecular complexity index is 874. The zero-order chi connectivity index (χ0) is 17.6. The predicted octanol–water partition coefficient (Wildman–Crippen LogP) is 3.66. The maximum Gasteiger partial charge on any atom is 0.263 e. The summed E-state index contributed by atoms with van der Waals surface area (Å²) in [6, 6.07) is 3.71. The molecule has 3 aromatic rings. The van der Waals surface area contributed by atoms with Gasteiger partial charge in [0.25, 0.3) is 5.89 Å². The van der Waals surface area contributed by atoms with Crippen molar-refractivity contribution in [1.82, 2.24) is 19.4 Å². The van der Waals surface area contributed by atoms with Gasteiger partial charge in [-0.3, -0.25) is 4.90 Å². The fourth-order valence-electron chi connectivity index (χ4n) is 3.55. The third kappa shape index (κ3) is 2.91. The second-order valence-electron chi connectivity index (χ2n) is 7.04. The number of aromatic nitrogens is 3. The highest BCUT2D eigenvalue weighted by Crippen LogP contribution is 2.26. The summed E-state index contributed by atoms with van der Waals surface area (Å²) in [5.41, 5.74) is 3.54. The van der Waals surface area contributed by atoms with Gasteiger partial charge in [-0.15, -0.1) is 0 Å². The van der Waals surface area contributed by atoms with E-state index in [1.165, 1.54) is 17.2 Å². The van der Waals surface area contributed by atoms with Gasteiger partial charge >= 0.3 is 0 Å². The van der Waals surface area contributed by atoms with Crippen LogP contribution in [-0.4, -0.2) is 26.0 Å². The summed E-state index contributed by atoms with van der Waals surface area (Å²) in [4.78, 5) is 11.9. The van der Waals surface area contributed by atoms with Crippen LogP contribution >= 0.6 is 0 Å². The van der Waals surface area contributed by atoms with Gasteiger partial charge in [0.2, 0.25) is 0 Å². The normalized spacial score (nSPS) is 15.1. The van der Waals surface area contributed by atoms with Crippen molar-refractivity contribution in [2.75, 3.05) is 6.54 Å². The molecule has 6 nitrogen and oxygen atoms in total. The van der Waals surface area contributed by atoms with Crippen LogP contribution in [0.2, 0.25) is 0 Å². The summed E-state index contributed by atoms with van der Waals surface area (Å²) >= 11 is 0. The van der Waals surface area contributed by atoms with Crippen molar-refractivity contribution in [3.05, 3.63) is 47.1 Å². The van der Waals surface area contributed by atoms with E-state index in [-0.39, 0.29) is 0 Å². The van der Waals surface area contributed by atoms with Crippen molar-refractivity contribution in [3.8, 4) is 11.7 Å². The van der Waals surface area contributed by atoms with Crippen molar-refractivity contribution in [2.24, 2.45) is 7.05 Å². The first-order valence-corrected chi connectivity index (χ1v) is 8.79. The second kappa shape index (κ2) is 6.19. The highest BCUT2D eigenvalue weighted by molar-refractivity contribution is 5.44. The number of imidazole rings is 1. The Labute approximate surface area is 147 Å². The van der Waals surface area contributed by atoms with Crippen LogP contribution in [0.1, 0.15) is 48.4 Å². The van der Waals surface area contributed by atoms with Gasteiger partial charge in [0.15, 0.2) is 5.76 Å². The standard InChI is InChI=1S/C19H24N4O2/c1-12(2)18-20-15-11-23(8-7-16(15)22(18)4)10-14-13(3)25-19(21-14)17-6-5-9-24-17/h5-6,9,12H,7-8,10-11H2,1-4H3. The zero-order valence-electron chi connectivity index (χ0n) is 15.2. The lowest BCUT2D eigenvalue weighted by Gasteiger charge is -2.25. The molecule has 25 heavy (non-hydrogen) atoms. The minimum atomic E-state index is 0.442. The Kier molecular flexibility index (Phi) is 4.00. The Morgan fingerprint density at radius 3 is 2.84 bits per heavy atom. The molecule has 1 aliphatic rings. The van der Waals surface area contributed by atoms with Gasteiger partial charge in [0, 0.05) is 44.7 Å². The largest absolute Gasteiger partial charge is 0.459 e. The van der Waals surface area contributed by atoms with Crippen LogP contribution in [-0.2, 0) is 26.6 Å². The average Bonchev–Trinajstić information content (AvgIpc) is 3.28. The van der Waals surface area contributed by atoms with E-state index < -0.39 is 0 Å². The summed E-state index contributed by atoms with van der Waals surface area (Å²) in [6.45, 7) is 8.98. The number of oxazole rings is 1. The lowest BCUT2D eigenvalue weighted by Crippen LogP contribution is -2.31. The van der Waals surface area contributed by atoms with Gasteiger partial charge < -0.3 is 13.4 Å². The van der Waals surface area contributed by atoms with Crippen LogP contribution in [0, 0.1) is 6.92 Å². The molecule has 0 spiro atoms. The number of hydrogen-bond acceptors (Lipinski definition) is 5. The van der Waals surface area contributed by atoms with E-state index in [1.807, 2.05) is 19.1 Å². The Morgan fingerprint density at radius 2 is 2.12 bits per heavy atom. The smallest absolute Gasteiger partial charge is 0.263 e. The topological polar surface area (TPSA) is 60.2 Å². The molecule has 4 rings (SSSR count). The third-order valence-corrected chi connectivity index (χ3v) is 4.88. The molecule has 0 saturated heterocycles. The van der Waals surface area contributed by atoms with Crippen molar-refractivity contribution < 1.29 is 8.83 Å². The molecule has 0 radical (unpaired) electrons. The minimum absolute atomic E-state index is 0.442. The van der Waals surface area contributed by atoms with Gasteiger partial charge in [0.1, 0.15) is 11.6 Å². The zero-order valence-corrected chi connectivity index (χ0v) is 15.2. The first kappa shape index (κ1) is 16.1. The van der Waals surface area contributed by atoms with Crippen molar-refractivity contribution in [1.29, 1.82) is 0 Å². The van der Waals surface area contributed by atoms with Crippen molar-refractivity contribution in [2.45, 2.75) is 46.2 Å². The molecule has 0 amide bonds. The molecule has 3 aromatic heterocycles. The highest BCUT2D eigenvalue weighted by atomic mass is 16.4. The maximum absolute atomic E-state index is 5.77. The van der Waals surface area contributed by atoms with E-state index in [2.05, 4.69) is 35.3 Å². The van der Waals surface area contributed by atoms with Crippen molar-refractivity contribution in [3.63, 3.8) is 0 Å². The van der Waals surface area contributed by atoms with Crippen LogP contribution < -0.4 is 0 Å². The van der Waals surface area contributed by atoms with Crippen LogP contribution in [0.25, 0.3) is 11.7 Å². The first-order valence-electron chi connectivity index (χ1n) is 8.79. The van der Waals surface area contributed by atoms with Crippen LogP contribution in [0.15, 0.2) is 27.2 Å². The number of hydrogen-bond donors (Lipinski definition) is 0. The Hall–Kier alpha value is -2.34. The molecule has 0 bridgehead atoms. The SMILES string of the molecule is Cc1oc(-c2ccco2)nc1CN1CCc2c(nc(C(C)C)n2C)C1. The molecule has 1 aliphatic heterocycles. The van der Waals surface area contributed by atoms with Crippen LogP contribution in [0.4, 0.5) is 0 Å². The van der Waals surface area contributed by atoms with Crippen LogP contribution in [0.5, 0.6) is 0 Å². The fourth-order valence-corrected chi connectivity index (χ4v) is 3.55. The molecular formula is C19H24N4O2. The molecule has 0 unspecified atom stereocenters. The van der Waals surface area contributed by atoms with E-state index in [0.29, 0.717) is 17.6 Å². The number of rotatable bonds is 4. The molecule has 0 saturated carbocycles. The molecule has 0 aromatic carbocycles. The molecule has 0 N–H and O–H groups in total. The monoisotopic (exact) mass is 340 g/mol. The lowest BCUT2D eigenvalue weighted by atomic mass is 10.1. The Morgan fingerprint density at radius 1 is 1.28 bits per heavy atom. The molecule has 132 valence electrons. The molecule has 0 atom stereocenters. The molecule has 4 heterocycles. The quantitative estimate of drug-likeness (QED) is 0.725. The number of furan rings is 1. The number of aryl methyl sites for hydroxylation is 1. The highest BCUT2D eigenvalue weighted by Gasteiger charge is 2.25. The third-order valence-electron chi connectivity index (χ3n) is 4.88. The summed E-state index contributed by atoms with van der Waals surface area (Å²) in [7, 11) is 2.13. The van der Waals surface area contributed by atoms with Crippen molar-refractivity contribution >= 4 is 0 Å². The number of nitrogens with zero attached hydrogens (tertiary/aromatic N) is 4. The predicted molar refractivity (Wildman–Crippen MR) is 94.1 cm³/mol. The second-order valence-corrected chi connectivity index (χ2v) is 7.04. The van der Waals surface area contributed by atoms with Crippen LogP contribution in [0.3, 0.4) is 0 Å². The Balaban J connectivity index is 1.52. The number of fused-ring (bicyclic) bond motifs is 1. The van der Waals surface area contributed by atoms with Gasteiger partial charge in [0.05, 0.1) is 17.7 Å². The van der Waals surface area contributed by atoms with E-state index in [4.69, 9.17) is 13.8 Å². The summed E-state index contributed by atoms with van der Waals surface area (Å²) in [5, 5.41) is 0. The maximum atomic E-state index is 5.77. The van der Waals surface area contributed by atoms with E-state index in [9.17, 15) is 0 Å². The van der Waals surface area contributed by atoms with E-state index in [1.54, 1.807) is 6.26 Å². The van der Waals surface area contributed by atoms with Gasteiger partial charge in [-0.2, -0.15) is 0 Å². The van der Waals surface area contributed by atoms with Gasteiger partial charge in [-0.25, -0.2) is 9.97 Å². The first-order chi connectivity index (χ1) is 12.0. The van der Waals surface area contributed by atoms with Gasteiger partial charge in [-0.1, -0.05) is 13.8 Å². The molecule has 0 fully saturated rings. The lowest BCUT2D eigenvalue weighted by molar-refractivity contribution is 0.236. The fraction of sp³-hybridized carbons (Fsp3) is 0.474. The summed E-state index contributed by atoms with van der Waals surface area (Å²) < 4.78 is 13.4. The van der Waals surface area contributed by atoms with E-state index >= 15 is 0 Å². The summed E-state index contributed by atoms with van der Waals surface area (Å²) in [6.07, 6.45) is 2.65.